The van der Waals surface area contributed by atoms with E-state index in [0.29, 0.717) is 5.75 Å². The molecule has 2 aromatic rings. The van der Waals surface area contributed by atoms with Gasteiger partial charge in [0.25, 0.3) is 11.6 Å². The quantitative estimate of drug-likeness (QED) is 0.656. The Morgan fingerprint density at radius 2 is 2.14 bits per heavy atom. The molecule has 0 radical (unpaired) electrons. The van der Waals surface area contributed by atoms with E-state index in [1.807, 2.05) is 0 Å². The third kappa shape index (κ3) is 3.24. The first-order valence-electron chi connectivity index (χ1n) is 5.80. The van der Waals surface area contributed by atoms with E-state index in [1.54, 1.807) is 0 Å². The second-order valence-electron chi connectivity index (χ2n) is 3.99. The maximum absolute atomic E-state index is 12.0. The van der Waals surface area contributed by atoms with Crippen molar-refractivity contribution in [3.63, 3.8) is 0 Å². The van der Waals surface area contributed by atoms with Crippen molar-refractivity contribution in [2.45, 2.75) is 0 Å². The zero-order valence-electron chi connectivity index (χ0n) is 10.9. The number of amides is 1. The van der Waals surface area contributed by atoms with Gasteiger partial charge in [0.15, 0.2) is 0 Å². The summed E-state index contributed by atoms with van der Waals surface area (Å²) in [6.45, 7) is 0. The van der Waals surface area contributed by atoms with Crippen LogP contribution in [0.1, 0.15) is 10.4 Å². The van der Waals surface area contributed by atoms with Crippen LogP contribution in [0.4, 0.5) is 11.5 Å². The fourth-order valence-corrected chi connectivity index (χ4v) is 1.61. The average Bonchev–Trinajstić information content (AvgIpc) is 2.48. The van der Waals surface area contributed by atoms with Crippen LogP contribution in [0, 0.1) is 10.1 Å². The van der Waals surface area contributed by atoms with Crippen LogP contribution in [0.2, 0.25) is 0 Å². The lowest BCUT2D eigenvalue weighted by molar-refractivity contribution is -0.384. The molecule has 1 aromatic carbocycles. The number of aromatic nitrogens is 1. The van der Waals surface area contributed by atoms with E-state index in [2.05, 4.69) is 10.3 Å². The second kappa shape index (κ2) is 5.87. The SMILES string of the molecule is COc1ccc(O)c(C(=O)Nc2cc([N+](=O)[O-])ccn2)c1. The van der Waals surface area contributed by atoms with Crippen LogP contribution in [0.3, 0.4) is 0 Å². The predicted octanol–water partition coefficient (Wildman–Crippen LogP) is 1.96. The Hall–Kier alpha value is -3.16. The highest BCUT2D eigenvalue weighted by Gasteiger charge is 2.15. The van der Waals surface area contributed by atoms with Gasteiger partial charge in [-0.25, -0.2) is 4.98 Å². The number of phenolic OH excluding ortho intramolecular Hbond substituents is 1. The van der Waals surface area contributed by atoms with Crippen LogP contribution in [-0.2, 0) is 0 Å². The molecule has 0 aliphatic carbocycles. The molecule has 0 aliphatic rings. The van der Waals surface area contributed by atoms with Crippen LogP contribution in [-0.4, -0.2) is 28.0 Å². The first-order valence-corrected chi connectivity index (χ1v) is 5.80. The maximum Gasteiger partial charge on any atom is 0.274 e. The van der Waals surface area contributed by atoms with Gasteiger partial charge in [-0.1, -0.05) is 0 Å². The molecule has 1 aromatic heterocycles. The molecular formula is C13H11N3O5. The molecule has 0 saturated carbocycles. The molecule has 108 valence electrons. The number of rotatable bonds is 4. The zero-order valence-corrected chi connectivity index (χ0v) is 10.9. The topological polar surface area (TPSA) is 115 Å². The number of methoxy groups -OCH3 is 1. The standard InChI is InChI=1S/C13H11N3O5/c1-21-9-2-3-11(17)10(7-9)13(18)15-12-6-8(16(19)20)4-5-14-12/h2-7,17H,1H3,(H,14,15,18). The molecule has 2 rings (SSSR count). The van der Waals surface area contributed by atoms with Crippen molar-refractivity contribution in [3.8, 4) is 11.5 Å². The van der Waals surface area contributed by atoms with Crippen LogP contribution in [0.5, 0.6) is 11.5 Å². The van der Waals surface area contributed by atoms with Gasteiger partial charge in [-0.15, -0.1) is 0 Å². The van der Waals surface area contributed by atoms with Gasteiger partial charge in [0.2, 0.25) is 0 Å². The summed E-state index contributed by atoms with van der Waals surface area (Å²) in [4.78, 5) is 25.9. The Morgan fingerprint density at radius 1 is 1.38 bits per heavy atom. The highest BCUT2D eigenvalue weighted by molar-refractivity contribution is 6.06. The number of carbonyl (C=O) groups is 1. The number of ether oxygens (including phenoxy) is 1. The van der Waals surface area contributed by atoms with Crippen LogP contribution in [0.15, 0.2) is 36.5 Å². The summed E-state index contributed by atoms with van der Waals surface area (Å²) in [5.41, 5.74) is -0.224. The lowest BCUT2D eigenvalue weighted by Crippen LogP contribution is -2.13. The minimum Gasteiger partial charge on any atom is -0.507 e. The van der Waals surface area contributed by atoms with Gasteiger partial charge in [0.05, 0.1) is 23.7 Å². The first-order chi connectivity index (χ1) is 10.0. The normalized spacial score (nSPS) is 9.95. The number of hydrogen-bond donors (Lipinski definition) is 2. The summed E-state index contributed by atoms with van der Waals surface area (Å²) in [5.74, 6) is -0.487. The predicted molar refractivity (Wildman–Crippen MR) is 73.5 cm³/mol. The van der Waals surface area contributed by atoms with E-state index in [4.69, 9.17) is 4.74 Å². The van der Waals surface area contributed by atoms with Gasteiger partial charge in [-0.3, -0.25) is 14.9 Å². The Balaban J connectivity index is 2.25. The molecule has 0 aliphatic heterocycles. The van der Waals surface area contributed by atoms with Gasteiger partial charge >= 0.3 is 0 Å². The molecule has 0 bridgehead atoms. The smallest absolute Gasteiger partial charge is 0.274 e. The molecule has 1 amide bonds. The van der Waals surface area contributed by atoms with E-state index in [9.17, 15) is 20.0 Å². The number of nitrogens with zero attached hydrogens (tertiary/aromatic N) is 2. The number of carbonyl (C=O) groups excluding carboxylic acids is 1. The van der Waals surface area contributed by atoms with E-state index in [0.717, 1.165) is 6.07 Å². The Labute approximate surface area is 119 Å². The van der Waals surface area contributed by atoms with E-state index < -0.39 is 10.8 Å². The van der Waals surface area contributed by atoms with Crippen molar-refractivity contribution in [2.24, 2.45) is 0 Å². The minimum atomic E-state index is -0.653. The monoisotopic (exact) mass is 289 g/mol. The van der Waals surface area contributed by atoms with Gasteiger partial charge in [0.1, 0.15) is 17.3 Å². The van der Waals surface area contributed by atoms with E-state index in [-0.39, 0.29) is 22.8 Å². The molecular weight excluding hydrogens is 278 g/mol. The molecule has 0 spiro atoms. The fraction of sp³-hybridized carbons (Fsp3) is 0.0769. The summed E-state index contributed by atoms with van der Waals surface area (Å²) < 4.78 is 4.96. The molecule has 8 nitrogen and oxygen atoms in total. The van der Waals surface area contributed by atoms with Crippen molar-refractivity contribution in [1.82, 2.24) is 4.98 Å². The average molecular weight is 289 g/mol. The number of benzene rings is 1. The summed E-state index contributed by atoms with van der Waals surface area (Å²) >= 11 is 0. The third-order valence-electron chi connectivity index (χ3n) is 2.64. The molecule has 0 fully saturated rings. The zero-order chi connectivity index (χ0) is 15.4. The Kier molecular flexibility index (Phi) is 3.98. The maximum atomic E-state index is 12.0. The van der Waals surface area contributed by atoms with Crippen molar-refractivity contribution in [3.05, 3.63) is 52.2 Å². The van der Waals surface area contributed by atoms with Gasteiger partial charge in [-0.05, 0) is 18.2 Å². The molecule has 0 unspecified atom stereocenters. The lowest BCUT2D eigenvalue weighted by atomic mass is 10.1. The fourth-order valence-electron chi connectivity index (χ4n) is 1.61. The number of anilines is 1. The van der Waals surface area contributed by atoms with Gasteiger partial charge in [0, 0.05) is 12.3 Å². The summed E-state index contributed by atoms with van der Waals surface area (Å²) in [5, 5.41) is 22.7. The second-order valence-corrected chi connectivity index (χ2v) is 3.99. The number of aromatic hydroxyl groups is 1. The first kappa shape index (κ1) is 14.3. The minimum absolute atomic E-state index is 0.0106. The van der Waals surface area contributed by atoms with Crippen LogP contribution < -0.4 is 10.1 Å². The molecule has 1 heterocycles. The molecule has 0 saturated heterocycles. The highest BCUT2D eigenvalue weighted by atomic mass is 16.6. The van der Waals surface area contributed by atoms with Crippen LogP contribution >= 0.6 is 0 Å². The van der Waals surface area contributed by atoms with E-state index in [1.165, 1.54) is 37.6 Å². The Morgan fingerprint density at radius 3 is 2.81 bits per heavy atom. The Bertz CT molecular complexity index is 702. The summed E-state index contributed by atoms with van der Waals surface area (Å²) in [7, 11) is 1.43. The summed E-state index contributed by atoms with van der Waals surface area (Å²) in [6, 6.07) is 6.49. The molecule has 2 N–H and O–H groups in total. The largest absolute Gasteiger partial charge is 0.507 e. The number of nitro groups is 1. The van der Waals surface area contributed by atoms with Crippen molar-refractivity contribution >= 4 is 17.4 Å². The lowest BCUT2D eigenvalue weighted by Gasteiger charge is -2.07. The highest BCUT2D eigenvalue weighted by Crippen LogP contribution is 2.24. The summed E-state index contributed by atoms with van der Waals surface area (Å²) in [6.07, 6.45) is 1.21. The van der Waals surface area contributed by atoms with Gasteiger partial charge in [-0.2, -0.15) is 0 Å². The number of pyridine rings is 1. The van der Waals surface area contributed by atoms with Gasteiger partial charge < -0.3 is 15.2 Å². The van der Waals surface area contributed by atoms with Crippen molar-refractivity contribution in [2.75, 3.05) is 12.4 Å². The van der Waals surface area contributed by atoms with E-state index >= 15 is 0 Å². The molecule has 8 heteroatoms. The number of phenols is 1. The number of hydrogen-bond acceptors (Lipinski definition) is 6. The van der Waals surface area contributed by atoms with Crippen molar-refractivity contribution < 1.29 is 19.6 Å². The number of nitrogens with one attached hydrogen (secondary N) is 1. The van der Waals surface area contributed by atoms with Crippen molar-refractivity contribution in [1.29, 1.82) is 0 Å². The van der Waals surface area contributed by atoms with Crippen LogP contribution in [0.25, 0.3) is 0 Å². The third-order valence-corrected chi connectivity index (χ3v) is 2.64. The molecule has 21 heavy (non-hydrogen) atoms. The molecule has 0 atom stereocenters.